The lowest BCUT2D eigenvalue weighted by Gasteiger charge is -2.34. The van der Waals surface area contributed by atoms with Gasteiger partial charge in [0.1, 0.15) is 6.61 Å². The summed E-state index contributed by atoms with van der Waals surface area (Å²) in [4.78, 5) is 16.1. The fourth-order valence-electron chi connectivity index (χ4n) is 2.72. The summed E-state index contributed by atoms with van der Waals surface area (Å²) >= 11 is 5.93. The molecule has 134 valence electrons. The Kier molecular flexibility index (Phi) is 5.95. The number of halogens is 1. The Morgan fingerprint density at radius 3 is 2.60 bits per heavy atom. The molecule has 3 rings (SSSR count). The van der Waals surface area contributed by atoms with Crippen molar-refractivity contribution in [2.45, 2.75) is 13.5 Å². The number of ether oxygens (including phenoxy) is 1. The minimum absolute atomic E-state index is 0.0486. The van der Waals surface area contributed by atoms with E-state index in [1.165, 1.54) is 0 Å². The minimum atomic E-state index is 0.0486. The standard InChI is InChI=1S/C16H21ClN6O2/c1-2-25-12-16(24)22-9-7-21(8-10-22)11-15-18-19-20-23(15)14-5-3-13(17)4-6-14/h3-6H,2,7-12H2,1H3. The van der Waals surface area contributed by atoms with Crippen LogP contribution in [0.1, 0.15) is 12.7 Å². The van der Waals surface area contributed by atoms with Crippen molar-refractivity contribution in [3.05, 3.63) is 35.1 Å². The summed E-state index contributed by atoms with van der Waals surface area (Å²) in [5.41, 5.74) is 0.870. The summed E-state index contributed by atoms with van der Waals surface area (Å²) in [6.07, 6.45) is 0. The maximum absolute atomic E-state index is 12.0. The molecule has 0 atom stereocenters. The maximum Gasteiger partial charge on any atom is 0.248 e. The first kappa shape index (κ1) is 17.8. The zero-order chi connectivity index (χ0) is 17.6. The van der Waals surface area contributed by atoms with Crippen LogP contribution in [0, 0.1) is 0 Å². The Hall–Kier alpha value is -2.03. The Balaban J connectivity index is 1.57. The van der Waals surface area contributed by atoms with Crippen LogP contribution in [0.5, 0.6) is 0 Å². The van der Waals surface area contributed by atoms with Gasteiger partial charge in [-0.25, -0.2) is 0 Å². The number of carbonyl (C=O) groups excluding carboxylic acids is 1. The number of carbonyl (C=O) groups is 1. The molecule has 1 amide bonds. The molecule has 0 spiro atoms. The first-order valence-corrected chi connectivity index (χ1v) is 8.66. The van der Waals surface area contributed by atoms with Gasteiger partial charge in [-0.05, 0) is 41.6 Å². The third-order valence-electron chi connectivity index (χ3n) is 4.12. The van der Waals surface area contributed by atoms with E-state index in [0.29, 0.717) is 31.3 Å². The van der Waals surface area contributed by atoms with Gasteiger partial charge in [0.25, 0.3) is 0 Å². The van der Waals surface area contributed by atoms with Crippen LogP contribution in [0.15, 0.2) is 24.3 Å². The molecule has 25 heavy (non-hydrogen) atoms. The van der Waals surface area contributed by atoms with Crippen molar-refractivity contribution in [3.8, 4) is 5.69 Å². The molecule has 1 aliphatic heterocycles. The van der Waals surface area contributed by atoms with Gasteiger partial charge in [-0.3, -0.25) is 9.69 Å². The van der Waals surface area contributed by atoms with Gasteiger partial charge in [0.2, 0.25) is 5.91 Å². The van der Waals surface area contributed by atoms with Gasteiger partial charge in [-0.2, -0.15) is 4.68 Å². The van der Waals surface area contributed by atoms with Crippen molar-refractivity contribution in [2.75, 3.05) is 39.4 Å². The van der Waals surface area contributed by atoms with Crippen molar-refractivity contribution in [3.63, 3.8) is 0 Å². The molecule has 8 nitrogen and oxygen atoms in total. The smallest absolute Gasteiger partial charge is 0.248 e. The van der Waals surface area contributed by atoms with Crippen LogP contribution >= 0.6 is 11.6 Å². The molecular formula is C16H21ClN6O2. The summed E-state index contributed by atoms with van der Waals surface area (Å²) in [5, 5.41) is 12.7. The number of nitrogens with zero attached hydrogens (tertiary/aromatic N) is 6. The summed E-state index contributed by atoms with van der Waals surface area (Å²) in [7, 11) is 0. The highest BCUT2D eigenvalue weighted by Gasteiger charge is 2.22. The molecule has 1 aromatic carbocycles. The highest BCUT2D eigenvalue weighted by molar-refractivity contribution is 6.30. The summed E-state index contributed by atoms with van der Waals surface area (Å²) in [6, 6.07) is 7.38. The molecule has 0 N–H and O–H groups in total. The molecule has 1 aromatic heterocycles. The SMILES string of the molecule is CCOCC(=O)N1CCN(Cc2nnnn2-c2ccc(Cl)cc2)CC1. The van der Waals surface area contributed by atoms with Gasteiger partial charge < -0.3 is 9.64 Å². The van der Waals surface area contributed by atoms with E-state index in [9.17, 15) is 4.79 Å². The Morgan fingerprint density at radius 2 is 1.92 bits per heavy atom. The van der Waals surface area contributed by atoms with E-state index in [1.54, 1.807) is 4.68 Å². The average Bonchev–Trinajstić information content (AvgIpc) is 3.09. The molecule has 2 heterocycles. The van der Waals surface area contributed by atoms with E-state index in [0.717, 1.165) is 24.6 Å². The van der Waals surface area contributed by atoms with E-state index >= 15 is 0 Å². The van der Waals surface area contributed by atoms with Crippen molar-refractivity contribution < 1.29 is 9.53 Å². The van der Waals surface area contributed by atoms with Crippen molar-refractivity contribution >= 4 is 17.5 Å². The van der Waals surface area contributed by atoms with Crippen LogP contribution in [0.3, 0.4) is 0 Å². The lowest BCUT2D eigenvalue weighted by molar-refractivity contribution is -0.137. The van der Waals surface area contributed by atoms with Gasteiger partial charge in [-0.1, -0.05) is 11.6 Å². The number of tetrazole rings is 1. The van der Waals surface area contributed by atoms with Gasteiger partial charge in [0.05, 0.1) is 12.2 Å². The lowest BCUT2D eigenvalue weighted by atomic mass is 10.3. The summed E-state index contributed by atoms with van der Waals surface area (Å²) in [5.74, 6) is 0.809. The molecule has 0 radical (unpaired) electrons. The van der Waals surface area contributed by atoms with Crippen molar-refractivity contribution in [1.82, 2.24) is 30.0 Å². The molecule has 1 fully saturated rings. The second kappa shape index (κ2) is 8.37. The Labute approximate surface area is 151 Å². The highest BCUT2D eigenvalue weighted by Crippen LogP contribution is 2.15. The molecule has 9 heteroatoms. The Bertz CT molecular complexity index is 697. The van der Waals surface area contributed by atoms with Crippen LogP contribution in [0.2, 0.25) is 5.02 Å². The first-order chi connectivity index (χ1) is 12.2. The highest BCUT2D eigenvalue weighted by atomic mass is 35.5. The maximum atomic E-state index is 12.0. The largest absolute Gasteiger partial charge is 0.372 e. The van der Waals surface area contributed by atoms with E-state index in [4.69, 9.17) is 16.3 Å². The molecule has 1 aliphatic rings. The molecule has 0 bridgehead atoms. The van der Waals surface area contributed by atoms with E-state index in [1.807, 2.05) is 36.1 Å². The molecular weight excluding hydrogens is 344 g/mol. The third kappa shape index (κ3) is 4.53. The number of piperazine rings is 1. The summed E-state index contributed by atoms with van der Waals surface area (Å²) in [6.45, 7) is 6.17. The minimum Gasteiger partial charge on any atom is -0.372 e. The van der Waals surface area contributed by atoms with Crippen LogP contribution in [0.4, 0.5) is 0 Å². The van der Waals surface area contributed by atoms with Gasteiger partial charge in [0.15, 0.2) is 5.82 Å². The number of benzene rings is 1. The molecule has 0 saturated carbocycles. The topological polar surface area (TPSA) is 76.4 Å². The predicted molar refractivity (Wildman–Crippen MR) is 92.5 cm³/mol. The van der Waals surface area contributed by atoms with Crippen molar-refractivity contribution in [2.24, 2.45) is 0 Å². The second-order valence-electron chi connectivity index (χ2n) is 5.78. The third-order valence-corrected chi connectivity index (χ3v) is 4.38. The molecule has 0 unspecified atom stereocenters. The molecule has 2 aromatic rings. The number of rotatable bonds is 6. The average molecular weight is 365 g/mol. The van der Waals surface area contributed by atoms with Gasteiger partial charge >= 0.3 is 0 Å². The number of hydrogen-bond donors (Lipinski definition) is 0. The Morgan fingerprint density at radius 1 is 1.20 bits per heavy atom. The van der Waals surface area contributed by atoms with E-state index in [-0.39, 0.29) is 12.5 Å². The first-order valence-electron chi connectivity index (χ1n) is 8.28. The zero-order valence-corrected chi connectivity index (χ0v) is 14.9. The molecule has 1 saturated heterocycles. The zero-order valence-electron chi connectivity index (χ0n) is 14.1. The normalized spacial score (nSPS) is 15.5. The van der Waals surface area contributed by atoms with Gasteiger partial charge in [-0.15, -0.1) is 5.10 Å². The van der Waals surface area contributed by atoms with Crippen molar-refractivity contribution in [1.29, 1.82) is 0 Å². The number of amides is 1. The van der Waals surface area contributed by atoms with Crippen LogP contribution in [-0.4, -0.2) is 75.3 Å². The van der Waals surface area contributed by atoms with Crippen LogP contribution in [-0.2, 0) is 16.1 Å². The van der Waals surface area contributed by atoms with Gasteiger partial charge in [0, 0.05) is 37.8 Å². The van der Waals surface area contributed by atoms with Crippen LogP contribution < -0.4 is 0 Å². The van der Waals surface area contributed by atoms with Crippen LogP contribution in [0.25, 0.3) is 5.69 Å². The predicted octanol–water partition coefficient (Wildman–Crippen LogP) is 0.996. The molecule has 0 aliphatic carbocycles. The summed E-state index contributed by atoms with van der Waals surface area (Å²) < 4.78 is 6.90. The number of aromatic nitrogens is 4. The van der Waals surface area contributed by atoms with E-state index in [2.05, 4.69) is 20.4 Å². The fourth-order valence-corrected chi connectivity index (χ4v) is 2.85. The lowest BCUT2D eigenvalue weighted by Crippen LogP contribution is -2.49. The quantitative estimate of drug-likeness (QED) is 0.761. The fraction of sp³-hybridized carbons (Fsp3) is 0.500. The monoisotopic (exact) mass is 364 g/mol. The second-order valence-corrected chi connectivity index (χ2v) is 6.21. The van der Waals surface area contributed by atoms with E-state index < -0.39 is 0 Å². The number of hydrogen-bond acceptors (Lipinski definition) is 6.